The second-order valence-electron chi connectivity index (χ2n) is 5.13. The zero-order chi connectivity index (χ0) is 10.9. The predicted molar refractivity (Wildman–Crippen MR) is 58.4 cm³/mol. The monoisotopic (exact) mass is 202 g/mol. The maximum Gasteiger partial charge on any atom is 0.193 e. The van der Waals surface area contributed by atoms with E-state index in [0.717, 1.165) is 0 Å². The van der Waals surface area contributed by atoms with E-state index in [9.17, 15) is 4.79 Å². The van der Waals surface area contributed by atoms with Crippen LogP contribution in [0.25, 0.3) is 0 Å². The van der Waals surface area contributed by atoms with Crippen molar-refractivity contribution in [2.45, 2.75) is 58.9 Å². The highest BCUT2D eigenvalue weighted by Crippen LogP contribution is 2.37. The molecule has 13 heavy (non-hydrogen) atoms. The van der Waals surface area contributed by atoms with E-state index < -0.39 is 8.32 Å². The van der Waals surface area contributed by atoms with Crippen LogP contribution >= 0.6 is 0 Å². The van der Waals surface area contributed by atoms with Gasteiger partial charge >= 0.3 is 0 Å². The summed E-state index contributed by atoms with van der Waals surface area (Å²) in [6, 6.07) is 0. The lowest BCUT2D eigenvalue weighted by molar-refractivity contribution is -0.123. The Kier molecular flexibility index (Phi) is 3.88. The fourth-order valence-electron chi connectivity index (χ4n) is 0.702. The van der Waals surface area contributed by atoms with Crippen LogP contribution < -0.4 is 0 Å². The fraction of sp³-hybridized carbons (Fsp3) is 0.900. The van der Waals surface area contributed by atoms with Crippen molar-refractivity contribution >= 4 is 14.1 Å². The van der Waals surface area contributed by atoms with Crippen molar-refractivity contribution < 1.29 is 9.22 Å². The lowest BCUT2D eigenvalue weighted by atomic mass is 10.2. The van der Waals surface area contributed by atoms with Crippen LogP contribution in [0, 0.1) is 0 Å². The second-order valence-corrected chi connectivity index (χ2v) is 9.89. The van der Waals surface area contributed by atoms with E-state index >= 15 is 0 Å². The van der Waals surface area contributed by atoms with Gasteiger partial charge in [0.05, 0.1) is 0 Å². The second kappa shape index (κ2) is 3.92. The summed E-state index contributed by atoms with van der Waals surface area (Å²) in [7, 11) is -1.75. The van der Waals surface area contributed by atoms with Gasteiger partial charge in [0, 0.05) is 0 Å². The fourth-order valence-corrected chi connectivity index (χ4v) is 2.11. The smallest absolute Gasteiger partial charge is 0.193 e. The van der Waals surface area contributed by atoms with Gasteiger partial charge in [-0.1, -0.05) is 20.8 Å². The SMILES string of the molecule is CC(=O)C(C)O[Si](C)(C)C(C)(C)C. The van der Waals surface area contributed by atoms with E-state index in [2.05, 4.69) is 33.9 Å². The number of rotatable bonds is 3. The lowest BCUT2D eigenvalue weighted by Gasteiger charge is -2.37. The van der Waals surface area contributed by atoms with Gasteiger partial charge in [-0.3, -0.25) is 4.79 Å². The van der Waals surface area contributed by atoms with Gasteiger partial charge < -0.3 is 4.43 Å². The molecule has 1 atom stereocenters. The first-order valence-electron chi connectivity index (χ1n) is 4.76. The molecular weight excluding hydrogens is 180 g/mol. The molecule has 0 spiro atoms. The Hall–Kier alpha value is -0.153. The molecule has 0 aromatic rings. The minimum absolute atomic E-state index is 0.116. The van der Waals surface area contributed by atoms with Gasteiger partial charge in [0.25, 0.3) is 0 Å². The summed E-state index contributed by atoms with van der Waals surface area (Å²) in [6.07, 6.45) is -0.249. The molecule has 0 aliphatic carbocycles. The first-order chi connectivity index (χ1) is 5.58. The first-order valence-corrected chi connectivity index (χ1v) is 7.67. The molecule has 0 amide bonds. The topological polar surface area (TPSA) is 26.3 Å². The van der Waals surface area contributed by atoms with Gasteiger partial charge in [-0.2, -0.15) is 0 Å². The molecule has 2 nitrogen and oxygen atoms in total. The van der Waals surface area contributed by atoms with Crippen molar-refractivity contribution in [3.05, 3.63) is 0 Å². The van der Waals surface area contributed by atoms with Crippen molar-refractivity contribution in [3.8, 4) is 0 Å². The van der Waals surface area contributed by atoms with Crippen LogP contribution in [0.1, 0.15) is 34.6 Å². The highest BCUT2D eigenvalue weighted by molar-refractivity contribution is 6.74. The standard InChI is InChI=1S/C10H22O2Si/c1-8(11)9(2)12-13(6,7)10(3,4)5/h9H,1-7H3. The van der Waals surface area contributed by atoms with Gasteiger partial charge in [-0.15, -0.1) is 0 Å². The molecule has 0 aliphatic heterocycles. The van der Waals surface area contributed by atoms with E-state index in [0.29, 0.717) is 0 Å². The normalized spacial score (nSPS) is 15.6. The molecule has 0 aliphatic rings. The Balaban J connectivity index is 4.43. The quantitative estimate of drug-likeness (QED) is 0.658. The third kappa shape index (κ3) is 3.61. The summed E-state index contributed by atoms with van der Waals surface area (Å²) in [5, 5.41) is 0.177. The molecule has 0 bridgehead atoms. The van der Waals surface area contributed by atoms with E-state index in [1.54, 1.807) is 6.92 Å². The molecule has 0 fully saturated rings. The molecule has 0 aromatic heterocycles. The Morgan fingerprint density at radius 1 is 1.31 bits per heavy atom. The summed E-state index contributed by atoms with van der Waals surface area (Å²) >= 11 is 0. The lowest BCUT2D eigenvalue weighted by Crippen LogP contribution is -2.44. The molecule has 0 N–H and O–H groups in total. The van der Waals surface area contributed by atoms with Crippen LogP contribution in [0.3, 0.4) is 0 Å². The Morgan fingerprint density at radius 2 is 1.69 bits per heavy atom. The number of carbonyl (C=O) groups is 1. The number of ketones is 1. The molecule has 0 aromatic carbocycles. The predicted octanol–water partition coefficient (Wildman–Crippen LogP) is 2.99. The van der Waals surface area contributed by atoms with Gasteiger partial charge in [0.2, 0.25) is 0 Å². The molecule has 0 saturated carbocycles. The average Bonchev–Trinajstić information content (AvgIpc) is 1.83. The average molecular weight is 202 g/mol. The first kappa shape index (κ1) is 12.8. The van der Waals surface area contributed by atoms with Crippen molar-refractivity contribution in [2.75, 3.05) is 0 Å². The van der Waals surface area contributed by atoms with Crippen LogP contribution in [-0.4, -0.2) is 20.2 Å². The van der Waals surface area contributed by atoms with Crippen LogP contribution in [0.4, 0.5) is 0 Å². The maximum absolute atomic E-state index is 11.0. The van der Waals surface area contributed by atoms with Crippen LogP contribution in [0.5, 0.6) is 0 Å². The van der Waals surface area contributed by atoms with E-state index in [1.807, 2.05) is 6.92 Å². The number of Topliss-reactive ketones (excluding diaryl/α,β-unsaturated/α-hetero) is 1. The van der Waals surface area contributed by atoms with Crippen molar-refractivity contribution in [1.29, 1.82) is 0 Å². The minimum Gasteiger partial charge on any atom is -0.407 e. The summed E-state index contributed by atoms with van der Waals surface area (Å²) in [5.74, 6) is 0.116. The minimum atomic E-state index is -1.75. The summed E-state index contributed by atoms with van der Waals surface area (Å²) in [4.78, 5) is 11.0. The third-order valence-corrected chi connectivity index (χ3v) is 7.41. The van der Waals surface area contributed by atoms with Crippen molar-refractivity contribution in [3.63, 3.8) is 0 Å². The summed E-state index contributed by atoms with van der Waals surface area (Å²) in [5.41, 5.74) is 0. The Morgan fingerprint density at radius 3 is 1.92 bits per heavy atom. The van der Waals surface area contributed by atoms with Gasteiger partial charge in [0.1, 0.15) is 6.10 Å². The van der Waals surface area contributed by atoms with Gasteiger partial charge in [-0.25, -0.2) is 0 Å². The van der Waals surface area contributed by atoms with Crippen molar-refractivity contribution in [1.82, 2.24) is 0 Å². The van der Waals surface area contributed by atoms with Gasteiger partial charge in [0.15, 0.2) is 14.1 Å². The Labute approximate surface area is 82.8 Å². The van der Waals surface area contributed by atoms with Crippen LogP contribution in [0.2, 0.25) is 18.1 Å². The summed E-state index contributed by atoms with van der Waals surface area (Å²) < 4.78 is 5.85. The molecule has 1 unspecified atom stereocenters. The highest BCUT2D eigenvalue weighted by Gasteiger charge is 2.38. The maximum atomic E-state index is 11.0. The van der Waals surface area contributed by atoms with Gasteiger partial charge in [-0.05, 0) is 32.0 Å². The van der Waals surface area contributed by atoms with Crippen molar-refractivity contribution in [2.24, 2.45) is 0 Å². The number of hydrogen-bond donors (Lipinski definition) is 0. The third-order valence-electron chi connectivity index (χ3n) is 2.85. The molecule has 0 radical (unpaired) electrons. The molecule has 3 heteroatoms. The van der Waals surface area contributed by atoms with E-state index in [4.69, 9.17) is 4.43 Å². The molecular formula is C10H22O2Si. The zero-order valence-corrected chi connectivity index (χ0v) is 10.9. The zero-order valence-electron chi connectivity index (χ0n) is 9.89. The number of carbonyl (C=O) groups excluding carboxylic acids is 1. The molecule has 0 rings (SSSR count). The van der Waals surface area contributed by atoms with Crippen LogP contribution in [-0.2, 0) is 9.22 Å². The Bertz CT molecular complexity index is 192. The number of hydrogen-bond acceptors (Lipinski definition) is 2. The molecule has 78 valence electrons. The highest BCUT2D eigenvalue weighted by atomic mass is 28.4. The summed E-state index contributed by atoms with van der Waals surface area (Å²) in [6.45, 7) is 14.3. The van der Waals surface area contributed by atoms with E-state index in [-0.39, 0.29) is 16.9 Å². The largest absolute Gasteiger partial charge is 0.407 e. The molecule has 0 saturated heterocycles. The van der Waals surface area contributed by atoms with Crippen LogP contribution in [0.15, 0.2) is 0 Å². The van der Waals surface area contributed by atoms with E-state index in [1.165, 1.54) is 0 Å². The molecule has 0 heterocycles.